The normalized spacial score (nSPS) is 26.1. The molecule has 1 aliphatic carbocycles. The summed E-state index contributed by atoms with van der Waals surface area (Å²) in [5.74, 6) is -3.62. The average molecular weight is 438 g/mol. The molecule has 7 nitrogen and oxygen atoms in total. The molecule has 1 saturated heterocycles. The van der Waals surface area contributed by atoms with Crippen LogP contribution in [-0.2, 0) is 28.3 Å². The second-order valence-corrected chi connectivity index (χ2v) is 14.6. The van der Waals surface area contributed by atoms with Crippen molar-refractivity contribution in [2.24, 2.45) is 11.8 Å². The molecule has 0 spiro atoms. The third-order valence-electron chi connectivity index (χ3n) is 6.72. The molecule has 2 aliphatic rings. The van der Waals surface area contributed by atoms with Crippen LogP contribution in [0.4, 0.5) is 0 Å². The summed E-state index contributed by atoms with van der Waals surface area (Å²) < 4.78 is 11.3. The van der Waals surface area contributed by atoms with Crippen molar-refractivity contribution in [2.45, 2.75) is 83.7 Å². The molecule has 8 heteroatoms. The zero-order chi connectivity index (χ0) is 22.9. The molecule has 1 heterocycles. The van der Waals surface area contributed by atoms with E-state index in [1.54, 1.807) is 0 Å². The van der Waals surface area contributed by atoms with E-state index in [0.29, 0.717) is 12.8 Å². The van der Waals surface area contributed by atoms with E-state index < -0.39 is 50.1 Å². The van der Waals surface area contributed by atoms with Crippen molar-refractivity contribution in [3.8, 4) is 0 Å². The summed E-state index contributed by atoms with van der Waals surface area (Å²) in [5, 5.41) is -0.0474. The number of nitrogens with zero attached hydrogens (tertiary/aromatic N) is 1. The molecule has 0 aromatic rings. The number of Topliss-reactive ketones (excluding diaryl/α,β-unsaturated/α-hetero) is 1. The van der Waals surface area contributed by atoms with Gasteiger partial charge in [-0.1, -0.05) is 39.8 Å². The average Bonchev–Trinajstić information content (AvgIpc) is 2.63. The van der Waals surface area contributed by atoms with Gasteiger partial charge in [0.2, 0.25) is 5.91 Å². The molecule has 0 N–H and O–H groups in total. The lowest BCUT2D eigenvalue weighted by Gasteiger charge is -2.52. The first-order chi connectivity index (χ1) is 13.8. The fraction of sp³-hybridized carbons (Fsp3) is 0.727. The van der Waals surface area contributed by atoms with Gasteiger partial charge in [0.1, 0.15) is 12.4 Å². The van der Waals surface area contributed by atoms with Gasteiger partial charge < -0.3 is 9.16 Å². The molecular weight excluding hydrogens is 402 g/mol. The van der Waals surface area contributed by atoms with Crippen LogP contribution in [0.2, 0.25) is 18.1 Å². The van der Waals surface area contributed by atoms with Gasteiger partial charge in [0.05, 0.1) is 18.1 Å². The molecule has 0 unspecified atom stereocenters. The summed E-state index contributed by atoms with van der Waals surface area (Å²) in [6.07, 6.45) is 3.60. The lowest BCUT2D eigenvalue weighted by Crippen LogP contribution is -2.71. The smallest absolute Gasteiger partial charge is 0.397 e. The molecule has 2 fully saturated rings. The lowest BCUT2D eigenvalue weighted by molar-refractivity contribution is -0.183. The fourth-order valence-corrected chi connectivity index (χ4v) is 5.49. The Morgan fingerprint density at radius 1 is 1.27 bits per heavy atom. The number of β-lactam (4-membered cyclic amide) rings is 1. The summed E-state index contributed by atoms with van der Waals surface area (Å²) in [6, 6.07) is -0.658. The predicted molar refractivity (Wildman–Crippen MR) is 115 cm³/mol. The number of imide groups is 1. The van der Waals surface area contributed by atoms with Crippen LogP contribution in [-0.4, -0.2) is 55.5 Å². The second-order valence-electron chi connectivity index (χ2n) is 9.82. The number of esters is 1. The minimum absolute atomic E-state index is 0.0422. The van der Waals surface area contributed by atoms with Gasteiger partial charge in [-0.2, -0.15) is 0 Å². The lowest BCUT2D eigenvalue weighted by atomic mass is 9.70. The van der Waals surface area contributed by atoms with Gasteiger partial charge in [0.25, 0.3) is 0 Å². The molecule has 30 heavy (non-hydrogen) atoms. The monoisotopic (exact) mass is 437 g/mol. The van der Waals surface area contributed by atoms with Crippen molar-refractivity contribution >= 4 is 31.9 Å². The van der Waals surface area contributed by atoms with Gasteiger partial charge in [-0.15, -0.1) is 0 Å². The largest absolute Gasteiger partial charge is 0.454 e. The number of amides is 2. The molecule has 0 aromatic heterocycles. The number of likely N-dealkylation sites (tertiary alicyclic amines) is 1. The minimum atomic E-state index is -2.17. The van der Waals surface area contributed by atoms with Crippen molar-refractivity contribution in [1.82, 2.24) is 4.90 Å². The Morgan fingerprint density at radius 2 is 1.90 bits per heavy atom. The van der Waals surface area contributed by atoms with E-state index in [2.05, 4.69) is 40.4 Å². The maximum absolute atomic E-state index is 13.0. The highest BCUT2D eigenvalue weighted by molar-refractivity contribution is 6.74. The van der Waals surface area contributed by atoms with E-state index in [4.69, 9.17) is 9.16 Å². The zero-order valence-corrected chi connectivity index (χ0v) is 20.0. The maximum atomic E-state index is 13.0. The molecule has 1 saturated carbocycles. The van der Waals surface area contributed by atoms with E-state index in [9.17, 15) is 19.2 Å². The van der Waals surface area contributed by atoms with Crippen LogP contribution in [0.5, 0.6) is 0 Å². The van der Waals surface area contributed by atoms with Gasteiger partial charge in [0, 0.05) is 12.3 Å². The summed E-state index contributed by atoms with van der Waals surface area (Å²) in [7, 11) is -2.17. The van der Waals surface area contributed by atoms with Crippen LogP contribution in [0.15, 0.2) is 12.7 Å². The van der Waals surface area contributed by atoms with Crippen LogP contribution in [0.1, 0.15) is 53.4 Å². The fourth-order valence-electron chi connectivity index (χ4n) is 4.06. The molecule has 4 atom stereocenters. The summed E-state index contributed by atoms with van der Waals surface area (Å²) in [4.78, 5) is 51.4. The van der Waals surface area contributed by atoms with Crippen LogP contribution in [0, 0.1) is 11.8 Å². The third kappa shape index (κ3) is 4.75. The Morgan fingerprint density at radius 3 is 2.43 bits per heavy atom. The number of ether oxygens (including phenoxy) is 1. The van der Waals surface area contributed by atoms with Crippen molar-refractivity contribution < 1.29 is 28.3 Å². The molecule has 2 amide bonds. The SMILES string of the molecule is C=CCOC(=O)C(=O)N1C(=O)[C@H]([C@@H](C)O[Si](C)(C)C(C)(C)C)[C@H]1[C@H]1CCCCC1=O. The van der Waals surface area contributed by atoms with E-state index in [0.717, 1.165) is 17.7 Å². The van der Waals surface area contributed by atoms with Gasteiger partial charge in [-0.3, -0.25) is 19.3 Å². The van der Waals surface area contributed by atoms with Gasteiger partial charge in [-0.05, 0) is 37.9 Å². The quantitative estimate of drug-likeness (QED) is 0.208. The van der Waals surface area contributed by atoms with Crippen LogP contribution in [0.3, 0.4) is 0 Å². The van der Waals surface area contributed by atoms with Gasteiger partial charge in [-0.25, -0.2) is 4.79 Å². The van der Waals surface area contributed by atoms with Crippen LogP contribution >= 0.6 is 0 Å². The van der Waals surface area contributed by atoms with Gasteiger partial charge >= 0.3 is 11.9 Å². The first kappa shape index (κ1) is 24.5. The molecule has 0 aromatic carbocycles. The van der Waals surface area contributed by atoms with Crippen molar-refractivity contribution in [1.29, 1.82) is 0 Å². The molecule has 1 aliphatic heterocycles. The number of carbonyl (C=O) groups is 4. The van der Waals surface area contributed by atoms with Crippen molar-refractivity contribution in [3.05, 3.63) is 12.7 Å². The standard InChI is InChI=1S/C22H35NO6Si/c1-8-13-28-21(27)20(26)23-18(15-11-9-10-12-16(15)24)17(19(23)25)14(2)29-30(6,7)22(3,4)5/h8,14-15,17-18H,1,9-13H2,2-7H3/t14-,15+,17-,18-/m1/s1. The van der Waals surface area contributed by atoms with E-state index in [1.807, 2.05) is 6.92 Å². The number of rotatable bonds is 6. The predicted octanol–water partition coefficient (Wildman–Crippen LogP) is 3.24. The highest BCUT2D eigenvalue weighted by atomic mass is 28.4. The zero-order valence-electron chi connectivity index (χ0n) is 19.0. The Kier molecular flexibility index (Phi) is 7.45. The number of hydrogen-bond donors (Lipinski definition) is 0. The topological polar surface area (TPSA) is 90.0 Å². The molecule has 0 bridgehead atoms. The van der Waals surface area contributed by atoms with E-state index in [1.165, 1.54) is 6.08 Å². The first-order valence-electron chi connectivity index (χ1n) is 10.7. The molecular formula is C22H35NO6Si. The Bertz CT molecular complexity index is 726. The molecule has 2 rings (SSSR count). The van der Waals surface area contributed by atoms with E-state index in [-0.39, 0.29) is 17.4 Å². The third-order valence-corrected chi connectivity index (χ3v) is 11.3. The van der Waals surface area contributed by atoms with Crippen LogP contribution < -0.4 is 0 Å². The first-order valence-corrected chi connectivity index (χ1v) is 13.6. The highest BCUT2D eigenvalue weighted by Crippen LogP contribution is 2.44. The van der Waals surface area contributed by atoms with E-state index >= 15 is 0 Å². The van der Waals surface area contributed by atoms with Crippen LogP contribution in [0.25, 0.3) is 0 Å². The van der Waals surface area contributed by atoms with Gasteiger partial charge in [0.15, 0.2) is 8.32 Å². The minimum Gasteiger partial charge on any atom is -0.454 e. The van der Waals surface area contributed by atoms with Crippen molar-refractivity contribution in [3.63, 3.8) is 0 Å². The second kappa shape index (κ2) is 9.14. The summed E-state index contributed by atoms with van der Waals surface area (Å²) in [5.41, 5.74) is 0. The Labute approximate surface area is 180 Å². The molecule has 168 valence electrons. The van der Waals surface area contributed by atoms with Crippen molar-refractivity contribution in [2.75, 3.05) is 6.61 Å². The summed E-state index contributed by atoms with van der Waals surface area (Å²) in [6.45, 7) is 15.7. The number of hydrogen-bond acceptors (Lipinski definition) is 6. The maximum Gasteiger partial charge on any atom is 0.397 e. The Hall–Kier alpha value is -1.80. The highest BCUT2D eigenvalue weighted by Gasteiger charge is 2.59. The summed E-state index contributed by atoms with van der Waals surface area (Å²) >= 11 is 0. The Balaban J connectivity index is 2.29. The number of ketones is 1. The number of carbonyl (C=O) groups excluding carboxylic acids is 4. The molecule has 0 radical (unpaired) electrons.